The second-order valence-electron chi connectivity index (χ2n) is 8.35. The van der Waals surface area contributed by atoms with Gasteiger partial charge in [0.25, 0.3) is 5.91 Å². The Labute approximate surface area is 204 Å². The molecule has 0 unspecified atom stereocenters. The largest absolute Gasteiger partial charge is 0.505 e. The summed E-state index contributed by atoms with van der Waals surface area (Å²) in [7, 11) is 0. The number of carbonyl (C=O) groups excluding carboxylic acids is 1. The van der Waals surface area contributed by atoms with Gasteiger partial charge in [-0.2, -0.15) is 0 Å². The zero-order chi connectivity index (χ0) is 24.9. The minimum absolute atomic E-state index is 0.0282. The van der Waals surface area contributed by atoms with Crippen molar-refractivity contribution in [3.63, 3.8) is 0 Å². The molecule has 0 saturated carbocycles. The van der Waals surface area contributed by atoms with Crippen molar-refractivity contribution in [2.75, 3.05) is 31.1 Å². The highest BCUT2D eigenvalue weighted by Crippen LogP contribution is 2.31. The van der Waals surface area contributed by atoms with Crippen LogP contribution in [0.4, 0.5) is 17.2 Å². The van der Waals surface area contributed by atoms with Crippen LogP contribution in [0.1, 0.15) is 21.5 Å². The van der Waals surface area contributed by atoms with Crippen molar-refractivity contribution in [2.24, 2.45) is 21.5 Å². The number of amidine groups is 2. The first-order chi connectivity index (χ1) is 16.8. The Balaban J connectivity index is 1.50. The van der Waals surface area contributed by atoms with Crippen LogP contribution in [0, 0.1) is 13.8 Å². The lowest BCUT2D eigenvalue weighted by Crippen LogP contribution is -2.49. The second kappa shape index (κ2) is 10.3. The van der Waals surface area contributed by atoms with Crippen molar-refractivity contribution in [2.45, 2.75) is 13.8 Å². The van der Waals surface area contributed by atoms with Gasteiger partial charge in [0.15, 0.2) is 17.4 Å². The summed E-state index contributed by atoms with van der Waals surface area (Å²) < 4.78 is 0. The van der Waals surface area contributed by atoms with Gasteiger partial charge in [0.2, 0.25) is 0 Å². The minimum atomic E-state index is -0.268. The Hall–Kier alpha value is -4.40. The topological polar surface area (TPSA) is 133 Å². The molecule has 3 aromatic rings. The average molecular weight is 472 g/mol. The van der Waals surface area contributed by atoms with E-state index in [9.17, 15) is 9.90 Å². The number of phenols is 1. The van der Waals surface area contributed by atoms with E-state index >= 15 is 0 Å². The van der Waals surface area contributed by atoms with Gasteiger partial charge in [0, 0.05) is 32.4 Å². The SMILES string of the molecule is Cc1cccc(N=C(N)C(N)=Nc2cccc(C(=O)N3CCN(c4ccccn4)CC3)c2O)c1C. The van der Waals surface area contributed by atoms with Crippen LogP contribution in [0.2, 0.25) is 0 Å². The summed E-state index contributed by atoms with van der Waals surface area (Å²) in [5.74, 6) is 0.354. The predicted octanol–water partition coefficient (Wildman–Crippen LogP) is 3.04. The number of aliphatic imine (C=N–C) groups is 2. The van der Waals surface area contributed by atoms with Gasteiger partial charge < -0.3 is 26.4 Å². The summed E-state index contributed by atoms with van der Waals surface area (Å²) in [6, 6.07) is 16.3. The second-order valence-corrected chi connectivity index (χ2v) is 8.35. The van der Waals surface area contributed by atoms with E-state index in [1.165, 1.54) is 0 Å². The van der Waals surface area contributed by atoms with Gasteiger partial charge in [0.05, 0.1) is 11.3 Å². The summed E-state index contributed by atoms with van der Waals surface area (Å²) in [5, 5.41) is 10.8. The lowest BCUT2D eigenvalue weighted by Gasteiger charge is -2.35. The molecule has 1 amide bonds. The first-order valence-electron chi connectivity index (χ1n) is 11.4. The molecule has 4 rings (SSSR count). The number of para-hydroxylation sites is 1. The highest BCUT2D eigenvalue weighted by molar-refractivity contribution is 6.40. The molecular formula is C26H29N7O2. The predicted molar refractivity (Wildman–Crippen MR) is 139 cm³/mol. The first kappa shape index (κ1) is 23.7. The highest BCUT2D eigenvalue weighted by atomic mass is 16.3. The fraction of sp³-hybridized carbons (Fsp3) is 0.231. The number of benzene rings is 2. The van der Waals surface area contributed by atoms with Crippen molar-refractivity contribution < 1.29 is 9.90 Å². The maximum Gasteiger partial charge on any atom is 0.257 e. The van der Waals surface area contributed by atoms with Crippen LogP contribution in [-0.2, 0) is 0 Å². The molecule has 1 fully saturated rings. The number of anilines is 1. The molecular weight excluding hydrogens is 442 g/mol. The Morgan fingerprint density at radius 3 is 2.23 bits per heavy atom. The van der Waals surface area contributed by atoms with Crippen LogP contribution in [0.25, 0.3) is 0 Å². The van der Waals surface area contributed by atoms with Gasteiger partial charge in [-0.05, 0) is 55.3 Å². The number of piperazine rings is 1. The van der Waals surface area contributed by atoms with E-state index in [0.29, 0.717) is 31.9 Å². The Kier molecular flexibility index (Phi) is 6.96. The van der Waals surface area contributed by atoms with Crippen molar-refractivity contribution in [3.05, 3.63) is 77.5 Å². The van der Waals surface area contributed by atoms with Crippen LogP contribution in [0.5, 0.6) is 5.75 Å². The summed E-state index contributed by atoms with van der Waals surface area (Å²) >= 11 is 0. The van der Waals surface area contributed by atoms with Crippen molar-refractivity contribution in [1.29, 1.82) is 0 Å². The maximum absolute atomic E-state index is 13.1. The molecule has 0 spiro atoms. The van der Waals surface area contributed by atoms with E-state index in [1.54, 1.807) is 29.3 Å². The number of aryl methyl sites for hydroxylation is 1. The van der Waals surface area contributed by atoms with E-state index in [0.717, 1.165) is 16.9 Å². The summed E-state index contributed by atoms with van der Waals surface area (Å²) in [6.07, 6.45) is 1.75. The molecule has 1 aromatic heterocycles. The molecule has 0 radical (unpaired) electrons. The summed E-state index contributed by atoms with van der Waals surface area (Å²) in [6.45, 7) is 6.27. The number of aromatic hydroxyl groups is 1. The number of hydrogen-bond donors (Lipinski definition) is 3. The number of hydrogen-bond acceptors (Lipinski definition) is 6. The molecule has 9 heteroatoms. The molecule has 0 aliphatic carbocycles. The van der Waals surface area contributed by atoms with E-state index in [1.807, 2.05) is 50.2 Å². The molecule has 180 valence electrons. The van der Waals surface area contributed by atoms with Crippen LogP contribution < -0.4 is 16.4 Å². The van der Waals surface area contributed by atoms with Gasteiger partial charge in [-0.3, -0.25) is 4.79 Å². The molecule has 9 nitrogen and oxygen atoms in total. The highest BCUT2D eigenvalue weighted by Gasteiger charge is 2.25. The van der Waals surface area contributed by atoms with Gasteiger partial charge in [-0.15, -0.1) is 0 Å². The van der Waals surface area contributed by atoms with Crippen molar-refractivity contribution in [3.8, 4) is 5.75 Å². The van der Waals surface area contributed by atoms with Gasteiger partial charge in [0.1, 0.15) is 11.5 Å². The Morgan fingerprint density at radius 1 is 0.886 bits per heavy atom. The Morgan fingerprint density at radius 2 is 1.54 bits per heavy atom. The van der Waals surface area contributed by atoms with Gasteiger partial charge >= 0.3 is 0 Å². The zero-order valence-corrected chi connectivity index (χ0v) is 19.8. The maximum atomic E-state index is 13.1. The normalized spacial score (nSPS) is 14.8. The quantitative estimate of drug-likeness (QED) is 0.396. The third-order valence-electron chi connectivity index (χ3n) is 6.11. The number of rotatable bonds is 4. The van der Waals surface area contributed by atoms with Gasteiger partial charge in [-0.1, -0.05) is 24.3 Å². The third-order valence-corrected chi connectivity index (χ3v) is 6.11. The molecule has 1 aliphatic heterocycles. The number of carbonyl (C=O) groups is 1. The number of amides is 1. The molecule has 1 saturated heterocycles. The first-order valence-corrected chi connectivity index (χ1v) is 11.4. The number of nitrogens with zero attached hydrogens (tertiary/aromatic N) is 5. The monoisotopic (exact) mass is 471 g/mol. The zero-order valence-electron chi connectivity index (χ0n) is 19.8. The molecule has 1 aliphatic rings. The standard InChI is InChI=1S/C26H29N7O2/c1-17-7-5-9-20(18(17)2)30-24(27)25(28)31-21-10-6-8-19(23(21)34)26(35)33-15-13-32(14-16-33)22-11-3-4-12-29-22/h3-12,34H,13-16H2,1-2H3,(H2,27,30)(H2,28,31). The minimum Gasteiger partial charge on any atom is -0.505 e. The number of phenolic OH excluding ortho intramolecular Hbond substituents is 1. The molecule has 0 atom stereocenters. The molecule has 2 heterocycles. The number of nitrogens with two attached hydrogens (primary N) is 2. The number of aromatic nitrogens is 1. The lowest BCUT2D eigenvalue weighted by molar-refractivity contribution is 0.0743. The van der Waals surface area contributed by atoms with Crippen molar-refractivity contribution in [1.82, 2.24) is 9.88 Å². The fourth-order valence-corrected chi connectivity index (χ4v) is 3.87. The van der Waals surface area contributed by atoms with Crippen LogP contribution in [-0.4, -0.2) is 58.7 Å². The average Bonchev–Trinajstić information content (AvgIpc) is 2.88. The third kappa shape index (κ3) is 5.24. The molecule has 35 heavy (non-hydrogen) atoms. The summed E-state index contributed by atoms with van der Waals surface area (Å²) in [5.41, 5.74) is 15.2. The van der Waals surface area contributed by atoms with E-state index in [2.05, 4.69) is 19.9 Å². The molecule has 2 aromatic carbocycles. The number of pyridine rings is 1. The van der Waals surface area contributed by atoms with Gasteiger partial charge in [-0.25, -0.2) is 15.0 Å². The van der Waals surface area contributed by atoms with E-state index in [4.69, 9.17) is 11.5 Å². The fourth-order valence-electron chi connectivity index (χ4n) is 3.87. The van der Waals surface area contributed by atoms with Crippen molar-refractivity contribution >= 4 is 34.8 Å². The van der Waals surface area contributed by atoms with Crippen LogP contribution >= 0.6 is 0 Å². The van der Waals surface area contributed by atoms with E-state index < -0.39 is 0 Å². The van der Waals surface area contributed by atoms with Crippen LogP contribution in [0.3, 0.4) is 0 Å². The molecule has 5 N–H and O–H groups in total. The smallest absolute Gasteiger partial charge is 0.257 e. The van der Waals surface area contributed by atoms with E-state index in [-0.39, 0.29) is 34.6 Å². The summed E-state index contributed by atoms with van der Waals surface area (Å²) in [4.78, 5) is 30.0. The van der Waals surface area contributed by atoms with Crippen LogP contribution in [0.15, 0.2) is 70.8 Å². The molecule has 0 bridgehead atoms. The lowest BCUT2D eigenvalue weighted by atomic mass is 10.1. The Bertz CT molecular complexity index is 1280.